The van der Waals surface area contributed by atoms with Crippen molar-refractivity contribution in [1.29, 1.82) is 0 Å². The maximum absolute atomic E-state index is 13.3. The molecule has 0 amide bonds. The molecule has 2 aromatic heterocycles. The van der Waals surface area contributed by atoms with Crippen molar-refractivity contribution in [2.45, 2.75) is 6.92 Å². The summed E-state index contributed by atoms with van der Waals surface area (Å²) in [5.41, 5.74) is 5.94. The van der Waals surface area contributed by atoms with Crippen LogP contribution in [0.3, 0.4) is 0 Å². The van der Waals surface area contributed by atoms with Crippen LogP contribution in [0.25, 0.3) is 39.0 Å². The highest BCUT2D eigenvalue weighted by molar-refractivity contribution is 6.13. The van der Waals surface area contributed by atoms with Crippen molar-refractivity contribution in [2.75, 3.05) is 14.2 Å². The summed E-state index contributed by atoms with van der Waals surface area (Å²) in [4.78, 5) is 29.9. The number of carbonyl (C=O) groups is 2. The maximum Gasteiger partial charge on any atom is 0.355 e. The number of aromatic amines is 1. The van der Waals surface area contributed by atoms with E-state index in [4.69, 9.17) is 9.47 Å². The van der Waals surface area contributed by atoms with Gasteiger partial charge < -0.3 is 19.0 Å². The summed E-state index contributed by atoms with van der Waals surface area (Å²) in [6.07, 6.45) is 1.90. The lowest BCUT2D eigenvalue weighted by atomic mass is 9.96. The monoisotopic (exact) mass is 464 g/mol. The van der Waals surface area contributed by atoms with E-state index in [2.05, 4.69) is 4.98 Å². The minimum atomic E-state index is -0.630. The number of hydrogen-bond donors (Lipinski definition) is 1. The number of ether oxygens (including phenoxy) is 2. The number of hydrogen-bond acceptors (Lipinski definition) is 4. The quantitative estimate of drug-likeness (QED) is 0.316. The van der Waals surface area contributed by atoms with E-state index in [1.165, 1.54) is 14.2 Å². The lowest BCUT2D eigenvalue weighted by molar-refractivity contribution is 0.0550. The van der Waals surface area contributed by atoms with Gasteiger partial charge in [0.2, 0.25) is 0 Å². The Hall–Kier alpha value is -4.58. The van der Waals surface area contributed by atoms with Crippen molar-refractivity contribution in [3.8, 4) is 28.1 Å². The van der Waals surface area contributed by atoms with Crippen LogP contribution in [0.15, 0.2) is 85.1 Å². The number of aromatic nitrogens is 2. The molecule has 0 saturated heterocycles. The fraction of sp³-hybridized carbons (Fsp3) is 0.103. The van der Waals surface area contributed by atoms with Crippen molar-refractivity contribution < 1.29 is 19.1 Å². The third kappa shape index (κ3) is 3.69. The highest BCUT2D eigenvalue weighted by Crippen LogP contribution is 2.44. The summed E-state index contributed by atoms with van der Waals surface area (Å²) in [6.45, 7) is 2.00. The minimum Gasteiger partial charge on any atom is -0.465 e. The molecular weight excluding hydrogens is 440 g/mol. The Morgan fingerprint density at radius 2 is 1.46 bits per heavy atom. The Labute approximate surface area is 202 Å². The molecule has 0 atom stereocenters. The Balaban J connectivity index is 2.02. The molecule has 6 heteroatoms. The molecule has 0 aliphatic carbocycles. The lowest BCUT2D eigenvalue weighted by Crippen LogP contribution is -2.15. The third-order valence-corrected chi connectivity index (χ3v) is 6.14. The first-order chi connectivity index (χ1) is 17.0. The van der Waals surface area contributed by atoms with Gasteiger partial charge in [-0.05, 0) is 30.7 Å². The number of fused-ring (bicyclic) bond motifs is 1. The summed E-state index contributed by atoms with van der Waals surface area (Å²) >= 11 is 0. The third-order valence-electron chi connectivity index (χ3n) is 6.14. The lowest BCUT2D eigenvalue weighted by Gasteiger charge is -2.14. The molecule has 3 aromatic carbocycles. The van der Waals surface area contributed by atoms with Crippen LogP contribution in [-0.4, -0.2) is 35.7 Å². The van der Waals surface area contributed by atoms with E-state index < -0.39 is 11.9 Å². The first kappa shape index (κ1) is 22.2. The first-order valence-electron chi connectivity index (χ1n) is 11.2. The average Bonchev–Trinajstić information content (AvgIpc) is 3.48. The van der Waals surface area contributed by atoms with Gasteiger partial charge in [0.15, 0.2) is 0 Å². The molecule has 0 fully saturated rings. The van der Waals surface area contributed by atoms with Crippen LogP contribution >= 0.6 is 0 Å². The second kappa shape index (κ2) is 8.99. The number of para-hydroxylation sites is 1. The number of benzene rings is 3. The van der Waals surface area contributed by atoms with E-state index in [0.29, 0.717) is 11.3 Å². The summed E-state index contributed by atoms with van der Waals surface area (Å²) in [6, 6.07) is 25.2. The summed E-state index contributed by atoms with van der Waals surface area (Å²) in [5, 5.41) is 0.961. The molecule has 0 saturated carbocycles. The van der Waals surface area contributed by atoms with Crippen LogP contribution < -0.4 is 0 Å². The van der Waals surface area contributed by atoms with Crippen LogP contribution in [0.5, 0.6) is 0 Å². The van der Waals surface area contributed by atoms with E-state index in [-0.39, 0.29) is 11.3 Å². The van der Waals surface area contributed by atoms with Gasteiger partial charge in [0.05, 0.1) is 19.9 Å². The van der Waals surface area contributed by atoms with Crippen LogP contribution in [0.2, 0.25) is 0 Å². The summed E-state index contributed by atoms with van der Waals surface area (Å²) in [5.74, 6) is -1.24. The Morgan fingerprint density at radius 1 is 0.800 bits per heavy atom. The molecule has 0 aliphatic heterocycles. The standard InChI is InChI=1S/C29H24N2O4/c1-18-13-15-20(16-14-18)31-26(22-17-30-23-12-8-7-11-21(22)23)24(19-9-5-4-6-10-19)25(28(32)34-2)27(31)29(33)35-3/h4-17,30H,1-3H3. The highest BCUT2D eigenvalue weighted by atomic mass is 16.5. The van der Waals surface area contributed by atoms with Crippen LogP contribution in [0.4, 0.5) is 0 Å². The molecule has 5 aromatic rings. The van der Waals surface area contributed by atoms with Crippen molar-refractivity contribution in [3.63, 3.8) is 0 Å². The molecule has 1 N–H and O–H groups in total. The number of H-pyrrole nitrogens is 1. The molecule has 35 heavy (non-hydrogen) atoms. The van der Waals surface area contributed by atoms with Crippen LogP contribution in [0.1, 0.15) is 26.4 Å². The van der Waals surface area contributed by atoms with Gasteiger partial charge in [0.25, 0.3) is 0 Å². The predicted molar refractivity (Wildman–Crippen MR) is 136 cm³/mol. The van der Waals surface area contributed by atoms with Gasteiger partial charge in [-0.3, -0.25) is 0 Å². The summed E-state index contributed by atoms with van der Waals surface area (Å²) < 4.78 is 12.2. The smallest absolute Gasteiger partial charge is 0.355 e. The molecule has 0 radical (unpaired) electrons. The molecule has 2 heterocycles. The molecular formula is C29H24N2O4. The molecule has 6 nitrogen and oxygen atoms in total. The van der Waals surface area contributed by atoms with E-state index >= 15 is 0 Å². The molecule has 174 valence electrons. The number of nitrogens with one attached hydrogen (secondary N) is 1. The number of rotatable bonds is 5. The van der Waals surface area contributed by atoms with Gasteiger partial charge in [-0.1, -0.05) is 66.2 Å². The van der Waals surface area contributed by atoms with Gasteiger partial charge in [-0.2, -0.15) is 0 Å². The normalized spacial score (nSPS) is 10.9. The van der Waals surface area contributed by atoms with Gasteiger partial charge in [0.1, 0.15) is 11.3 Å². The fourth-order valence-corrected chi connectivity index (χ4v) is 4.52. The number of methoxy groups -OCH3 is 2. The first-order valence-corrected chi connectivity index (χ1v) is 11.2. The van der Waals surface area contributed by atoms with Crippen molar-refractivity contribution >= 4 is 22.8 Å². The Bertz CT molecular complexity index is 1540. The van der Waals surface area contributed by atoms with Crippen LogP contribution in [-0.2, 0) is 9.47 Å². The van der Waals surface area contributed by atoms with Crippen molar-refractivity contribution in [1.82, 2.24) is 9.55 Å². The number of esters is 2. The SMILES string of the molecule is COC(=O)c1c(-c2ccccc2)c(-c2c[nH]c3ccccc23)n(-c2ccc(C)cc2)c1C(=O)OC. The van der Waals surface area contributed by atoms with E-state index in [1.807, 2.05) is 92.0 Å². The summed E-state index contributed by atoms with van der Waals surface area (Å²) in [7, 11) is 2.62. The van der Waals surface area contributed by atoms with Crippen molar-refractivity contribution in [3.05, 3.63) is 102 Å². The average molecular weight is 465 g/mol. The number of carbonyl (C=O) groups excluding carboxylic acids is 2. The fourth-order valence-electron chi connectivity index (χ4n) is 4.52. The van der Waals surface area contributed by atoms with E-state index in [9.17, 15) is 9.59 Å². The van der Waals surface area contributed by atoms with Gasteiger partial charge in [-0.15, -0.1) is 0 Å². The maximum atomic E-state index is 13.3. The molecule has 5 rings (SSSR count). The van der Waals surface area contributed by atoms with Crippen molar-refractivity contribution in [2.24, 2.45) is 0 Å². The van der Waals surface area contributed by atoms with Gasteiger partial charge >= 0.3 is 11.9 Å². The number of nitrogens with zero attached hydrogens (tertiary/aromatic N) is 1. The van der Waals surface area contributed by atoms with Gasteiger partial charge in [0, 0.05) is 33.9 Å². The van der Waals surface area contributed by atoms with E-state index in [0.717, 1.165) is 33.3 Å². The molecule has 0 bridgehead atoms. The largest absolute Gasteiger partial charge is 0.465 e. The van der Waals surface area contributed by atoms with Gasteiger partial charge in [-0.25, -0.2) is 9.59 Å². The van der Waals surface area contributed by atoms with E-state index in [1.54, 1.807) is 4.57 Å². The Morgan fingerprint density at radius 3 is 2.14 bits per heavy atom. The highest BCUT2D eigenvalue weighted by Gasteiger charge is 2.35. The topological polar surface area (TPSA) is 73.3 Å². The molecule has 0 aliphatic rings. The zero-order valence-electron chi connectivity index (χ0n) is 19.7. The zero-order chi connectivity index (χ0) is 24.5. The Kier molecular flexibility index (Phi) is 5.71. The molecule has 0 spiro atoms. The zero-order valence-corrected chi connectivity index (χ0v) is 19.7. The second-order valence-corrected chi connectivity index (χ2v) is 8.22. The minimum absolute atomic E-state index is 0.113. The second-order valence-electron chi connectivity index (χ2n) is 8.22. The molecule has 0 unspecified atom stereocenters. The predicted octanol–water partition coefficient (Wildman–Crippen LogP) is 6.17. The number of aryl methyl sites for hydroxylation is 1. The van der Waals surface area contributed by atoms with Crippen LogP contribution in [0, 0.1) is 6.92 Å².